The summed E-state index contributed by atoms with van der Waals surface area (Å²) in [5.41, 5.74) is 1.90. The van der Waals surface area contributed by atoms with Crippen LogP contribution in [0.25, 0.3) is 0 Å². The number of aromatic nitrogens is 1. The van der Waals surface area contributed by atoms with Crippen molar-refractivity contribution in [1.82, 2.24) is 9.47 Å². The molecule has 1 unspecified atom stereocenters. The van der Waals surface area contributed by atoms with Crippen LogP contribution in [0, 0.1) is 13.8 Å². The van der Waals surface area contributed by atoms with E-state index < -0.39 is 0 Å². The number of hydrogen-bond acceptors (Lipinski definition) is 2. The van der Waals surface area contributed by atoms with Crippen molar-refractivity contribution in [3.8, 4) is 0 Å². The highest BCUT2D eigenvalue weighted by Gasteiger charge is 2.33. The smallest absolute Gasteiger partial charge is 0.257 e. The monoisotopic (exact) mass is 272 g/mol. The van der Waals surface area contributed by atoms with Gasteiger partial charge in [-0.25, -0.2) is 0 Å². The molecule has 4 heteroatoms. The summed E-state index contributed by atoms with van der Waals surface area (Å²) in [4.78, 5) is 14.7. The molecule has 0 saturated carbocycles. The van der Waals surface area contributed by atoms with Gasteiger partial charge < -0.3 is 13.9 Å². The van der Waals surface area contributed by atoms with Gasteiger partial charge in [0.25, 0.3) is 5.91 Å². The van der Waals surface area contributed by atoms with Gasteiger partial charge in [0.05, 0.1) is 11.6 Å². The lowest BCUT2D eigenvalue weighted by Crippen LogP contribution is -2.31. The van der Waals surface area contributed by atoms with Crippen molar-refractivity contribution in [2.75, 3.05) is 6.54 Å². The molecule has 0 spiro atoms. The van der Waals surface area contributed by atoms with Crippen LogP contribution in [-0.4, -0.2) is 21.9 Å². The van der Waals surface area contributed by atoms with Crippen molar-refractivity contribution in [1.29, 1.82) is 0 Å². The first-order valence-corrected chi connectivity index (χ1v) is 7.07. The molecule has 4 nitrogen and oxygen atoms in total. The molecule has 1 amide bonds. The second-order valence-corrected chi connectivity index (χ2v) is 5.53. The van der Waals surface area contributed by atoms with Gasteiger partial charge in [-0.3, -0.25) is 4.79 Å². The van der Waals surface area contributed by atoms with E-state index >= 15 is 0 Å². The SMILES string of the molecule is Cc1cc(C(=O)N2CCCC2c2cccn2C)c(C)o1. The summed E-state index contributed by atoms with van der Waals surface area (Å²) in [6.45, 7) is 4.55. The molecule has 0 N–H and O–H groups in total. The minimum absolute atomic E-state index is 0.0862. The van der Waals surface area contributed by atoms with Crippen LogP contribution in [-0.2, 0) is 7.05 Å². The number of rotatable bonds is 2. The molecule has 0 aromatic carbocycles. The van der Waals surface area contributed by atoms with Crippen LogP contribution in [0.5, 0.6) is 0 Å². The molecule has 1 saturated heterocycles. The summed E-state index contributed by atoms with van der Waals surface area (Å²) in [7, 11) is 2.03. The maximum absolute atomic E-state index is 12.8. The number of carbonyl (C=O) groups is 1. The van der Waals surface area contributed by atoms with Gasteiger partial charge in [-0.15, -0.1) is 0 Å². The second kappa shape index (κ2) is 4.85. The van der Waals surface area contributed by atoms with E-state index in [0.717, 1.165) is 25.1 Å². The van der Waals surface area contributed by atoms with E-state index in [1.54, 1.807) is 0 Å². The summed E-state index contributed by atoms with van der Waals surface area (Å²) in [6.07, 6.45) is 4.11. The van der Waals surface area contributed by atoms with Crippen LogP contribution in [0.4, 0.5) is 0 Å². The third-order valence-corrected chi connectivity index (χ3v) is 4.11. The Morgan fingerprint density at radius 3 is 2.80 bits per heavy atom. The van der Waals surface area contributed by atoms with Crippen molar-refractivity contribution in [2.45, 2.75) is 32.7 Å². The predicted molar refractivity (Wildman–Crippen MR) is 76.6 cm³/mol. The lowest BCUT2D eigenvalue weighted by molar-refractivity contribution is 0.0729. The molecule has 1 fully saturated rings. The van der Waals surface area contributed by atoms with Crippen LogP contribution in [0.1, 0.15) is 46.5 Å². The van der Waals surface area contributed by atoms with E-state index in [9.17, 15) is 4.79 Å². The van der Waals surface area contributed by atoms with Gasteiger partial charge in [-0.05, 0) is 44.9 Å². The Balaban J connectivity index is 1.91. The number of carbonyl (C=O) groups excluding carboxylic acids is 1. The molecule has 0 radical (unpaired) electrons. The molecule has 2 aromatic heterocycles. The summed E-state index contributed by atoms with van der Waals surface area (Å²) in [5, 5.41) is 0. The summed E-state index contributed by atoms with van der Waals surface area (Å²) >= 11 is 0. The highest BCUT2D eigenvalue weighted by Crippen LogP contribution is 2.33. The number of amides is 1. The minimum Gasteiger partial charge on any atom is -0.466 e. The molecule has 20 heavy (non-hydrogen) atoms. The van der Waals surface area contributed by atoms with Gasteiger partial charge in [0.1, 0.15) is 11.5 Å². The highest BCUT2D eigenvalue weighted by molar-refractivity contribution is 5.95. The maximum atomic E-state index is 12.8. The van der Waals surface area contributed by atoms with Crippen molar-refractivity contribution >= 4 is 5.91 Å². The van der Waals surface area contributed by atoms with E-state index in [-0.39, 0.29) is 11.9 Å². The Morgan fingerprint density at radius 2 is 2.20 bits per heavy atom. The van der Waals surface area contributed by atoms with Crippen molar-refractivity contribution < 1.29 is 9.21 Å². The quantitative estimate of drug-likeness (QED) is 0.842. The zero-order valence-corrected chi connectivity index (χ0v) is 12.2. The van der Waals surface area contributed by atoms with Gasteiger partial charge >= 0.3 is 0 Å². The lowest BCUT2D eigenvalue weighted by atomic mass is 10.1. The zero-order valence-electron chi connectivity index (χ0n) is 12.2. The van der Waals surface area contributed by atoms with E-state index in [1.807, 2.05) is 44.1 Å². The minimum atomic E-state index is 0.0862. The summed E-state index contributed by atoms with van der Waals surface area (Å²) < 4.78 is 7.59. The van der Waals surface area contributed by atoms with Crippen LogP contribution in [0.2, 0.25) is 0 Å². The number of likely N-dealkylation sites (tertiary alicyclic amines) is 1. The van der Waals surface area contributed by atoms with Gasteiger partial charge in [0, 0.05) is 25.5 Å². The van der Waals surface area contributed by atoms with Gasteiger partial charge in [0.15, 0.2) is 0 Å². The molecule has 0 bridgehead atoms. The standard InChI is InChI=1S/C16H20N2O2/c1-11-10-13(12(2)20-11)16(19)18-9-5-7-15(18)14-6-4-8-17(14)3/h4,6,8,10,15H,5,7,9H2,1-3H3. The Morgan fingerprint density at radius 1 is 1.40 bits per heavy atom. The Hall–Kier alpha value is -1.97. The molecule has 2 aromatic rings. The van der Waals surface area contributed by atoms with Crippen LogP contribution >= 0.6 is 0 Å². The van der Waals surface area contributed by atoms with Gasteiger partial charge in [0.2, 0.25) is 0 Å². The summed E-state index contributed by atoms with van der Waals surface area (Å²) in [6, 6.07) is 6.16. The average Bonchev–Trinajstić information content (AvgIpc) is 3.08. The fourth-order valence-corrected chi connectivity index (χ4v) is 3.14. The molecular weight excluding hydrogens is 252 g/mol. The van der Waals surface area contributed by atoms with Gasteiger partial charge in [-0.2, -0.15) is 0 Å². The fourth-order valence-electron chi connectivity index (χ4n) is 3.14. The third-order valence-electron chi connectivity index (χ3n) is 4.11. The molecule has 1 atom stereocenters. The number of hydrogen-bond donors (Lipinski definition) is 0. The van der Waals surface area contributed by atoms with Crippen LogP contribution < -0.4 is 0 Å². The van der Waals surface area contributed by atoms with E-state index in [2.05, 4.69) is 10.6 Å². The molecule has 3 rings (SSSR count). The highest BCUT2D eigenvalue weighted by atomic mass is 16.3. The van der Waals surface area contributed by atoms with Crippen molar-refractivity contribution in [2.24, 2.45) is 7.05 Å². The number of nitrogens with zero attached hydrogens (tertiary/aromatic N) is 2. The zero-order chi connectivity index (χ0) is 14.3. The lowest BCUT2D eigenvalue weighted by Gasteiger charge is -2.25. The van der Waals surface area contributed by atoms with E-state index in [0.29, 0.717) is 11.3 Å². The summed E-state index contributed by atoms with van der Waals surface area (Å²) in [5.74, 6) is 1.59. The maximum Gasteiger partial charge on any atom is 0.257 e. The first-order valence-electron chi connectivity index (χ1n) is 7.07. The number of aryl methyl sites for hydroxylation is 3. The molecule has 1 aliphatic rings. The van der Waals surface area contributed by atoms with E-state index in [4.69, 9.17) is 4.42 Å². The largest absolute Gasteiger partial charge is 0.466 e. The first-order chi connectivity index (χ1) is 9.58. The normalized spacial score (nSPS) is 18.8. The predicted octanol–water partition coefficient (Wildman–Crippen LogP) is 3.21. The number of furan rings is 1. The average molecular weight is 272 g/mol. The van der Waals surface area contributed by atoms with E-state index in [1.165, 1.54) is 5.69 Å². The fraction of sp³-hybridized carbons (Fsp3) is 0.438. The second-order valence-electron chi connectivity index (χ2n) is 5.53. The third kappa shape index (κ3) is 2.05. The van der Waals surface area contributed by atoms with Crippen molar-refractivity contribution in [3.05, 3.63) is 47.2 Å². The molecule has 1 aliphatic heterocycles. The molecule has 3 heterocycles. The topological polar surface area (TPSA) is 38.4 Å². The van der Waals surface area contributed by atoms with Gasteiger partial charge in [-0.1, -0.05) is 0 Å². The first kappa shape index (κ1) is 13.0. The Bertz CT molecular complexity index is 639. The van der Waals surface area contributed by atoms with Crippen LogP contribution in [0.3, 0.4) is 0 Å². The Labute approximate surface area is 119 Å². The molecule has 0 aliphatic carbocycles. The molecule has 106 valence electrons. The Kier molecular flexibility index (Phi) is 3.16. The van der Waals surface area contributed by atoms with Crippen molar-refractivity contribution in [3.63, 3.8) is 0 Å². The van der Waals surface area contributed by atoms with Crippen LogP contribution in [0.15, 0.2) is 28.8 Å². The molecular formula is C16H20N2O2.